The Bertz CT molecular complexity index is 777. The fraction of sp³-hybridized carbons (Fsp3) is 0.381. The van der Waals surface area contributed by atoms with Crippen LogP contribution in [0.3, 0.4) is 0 Å². The molecule has 1 heterocycles. The maximum absolute atomic E-state index is 6.05. The first kappa shape index (κ1) is 17.9. The van der Waals surface area contributed by atoms with Gasteiger partial charge >= 0.3 is 0 Å². The zero-order valence-corrected chi connectivity index (χ0v) is 16.2. The number of hydrogen-bond donors (Lipinski definition) is 1. The lowest BCUT2D eigenvalue weighted by molar-refractivity contribution is 0.469. The molecule has 132 valence electrons. The molecule has 4 heteroatoms. The van der Waals surface area contributed by atoms with E-state index in [2.05, 4.69) is 57.0 Å². The van der Waals surface area contributed by atoms with Gasteiger partial charge in [0.25, 0.3) is 0 Å². The molecule has 0 amide bonds. The smallest absolute Gasteiger partial charge is 0.154 e. The van der Waals surface area contributed by atoms with Gasteiger partial charge in [-0.25, -0.2) is 0 Å². The highest BCUT2D eigenvalue weighted by atomic mass is 32.2. The number of rotatable bonds is 3. The van der Waals surface area contributed by atoms with Crippen molar-refractivity contribution in [2.45, 2.75) is 45.1 Å². The third-order valence-corrected chi connectivity index (χ3v) is 5.40. The minimum atomic E-state index is -0.236. The molecular formula is C21H26N2OS. The van der Waals surface area contributed by atoms with Crippen LogP contribution in [-0.4, -0.2) is 10.9 Å². The number of benzene rings is 2. The van der Waals surface area contributed by atoms with Crippen molar-refractivity contribution >= 4 is 16.9 Å². The van der Waals surface area contributed by atoms with Gasteiger partial charge in [-0.2, -0.15) is 0 Å². The summed E-state index contributed by atoms with van der Waals surface area (Å²) >= 11 is 1.63. The van der Waals surface area contributed by atoms with E-state index in [1.807, 2.05) is 24.3 Å². The quantitative estimate of drug-likeness (QED) is 0.798. The Morgan fingerprint density at radius 3 is 2.44 bits per heavy atom. The standard InChI is InChI=1S/C21H26N2OS/c1-20(2,3)16-6-5-7-18(14-16)24-17-10-8-15(9-11-17)21(4)12-13-25-19(22)23-21/h5-11,14H,12-13H2,1-4H3,(H2,22,23). The van der Waals surface area contributed by atoms with E-state index in [0.717, 1.165) is 23.7 Å². The van der Waals surface area contributed by atoms with Crippen LogP contribution in [0.25, 0.3) is 0 Å². The molecule has 1 unspecified atom stereocenters. The van der Waals surface area contributed by atoms with Crippen LogP contribution in [0.1, 0.15) is 45.2 Å². The van der Waals surface area contributed by atoms with Crippen molar-refractivity contribution in [1.29, 1.82) is 0 Å². The van der Waals surface area contributed by atoms with Gasteiger partial charge in [0.15, 0.2) is 5.17 Å². The molecule has 2 aromatic rings. The van der Waals surface area contributed by atoms with E-state index in [0.29, 0.717) is 5.17 Å². The predicted octanol–water partition coefficient (Wildman–Crippen LogP) is 5.44. The number of amidine groups is 1. The van der Waals surface area contributed by atoms with Gasteiger partial charge in [0, 0.05) is 5.75 Å². The number of thioether (sulfide) groups is 1. The summed E-state index contributed by atoms with van der Waals surface area (Å²) in [5.41, 5.74) is 8.22. The monoisotopic (exact) mass is 354 g/mol. The molecule has 0 bridgehead atoms. The lowest BCUT2D eigenvalue weighted by Crippen LogP contribution is -2.28. The summed E-state index contributed by atoms with van der Waals surface area (Å²) in [6.45, 7) is 8.76. The predicted molar refractivity (Wildman–Crippen MR) is 108 cm³/mol. The van der Waals surface area contributed by atoms with Crippen LogP contribution in [0.15, 0.2) is 53.5 Å². The number of hydrogen-bond acceptors (Lipinski definition) is 4. The molecule has 0 aromatic heterocycles. The molecule has 1 aliphatic heterocycles. The highest BCUT2D eigenvalue weighted by molar-refractivity contribution is 8.13. The Kier molecular flexibility index (Phi) is 4.83. The van der Waals surface area contributed by atoms with Crippen molar-refractivity contribution in [3.05, 3.63) is 59.7 Å². The van der Waals surface area contributed by atoms with Gasteiger partial charge in [-0.3, -0.25) is 4.99 Å². The van der Waals surface area contributed by atoms with E-state index in [1.54, 1.807) is 11.8 Å². The Morgan fingerprint density at radius 1 is 1.08 bits per heavy atom. The third kappa shape index (κ3) is 4.18. The summed E-state index contributed by atoms with van der Waals surface area (Å²) in [5, 5.41) is 0.674. The van der Waals surface area contributed by atoms with E-state index >= 15 is 0 Å². The van der Waals surface area contributed by atoms with Gasteiger partial charge in [0.2, 0.25) is 0 Å². The first-order valence-electron chi connectivity index (χ1n) is 8.63. The fourth-order valence-electron chi connectivity index (χ4n) is 2.94. The number of aliphatic imine (C=N–C) groups is 1. The Hall–Kier alpha value is -1.94. The lowest BCUT2D eigenvalue weighted by Gasteiger charge is -2.29. The van der Waals surface area contributed by atoms with Gasteiger partial charge in [0.1, 0.15) is 11.5 Å². The molecule has 3 rings (SSSR count). The summed E-state index contributed by atoms with van der Waals surface area (Å²) < 4.78 is 6.05. The Balaban J connectivity index is 1.79. The van der Waals surface area contributed by atoms with Gasteiger partial charge in [-0.1, -0.05) is 56.8 Å². The minimum absolute atomic E-state index is 0.106. The van der Waals surface area contributed by atoms with Crippen LogP contribution in [0, 0.1) is 0 Å². The van der Waals surface area contributed by atoms with Crippen LogP contribution in [0.4, 0.5) is 0 Å². The Morgan fingerprint density at radius 2 is 1.80 bits per heavy atom. The summed E-state index contributed by atoms with van der Waals surface area (Å²) in [7, 11) is 0. The summed E-state index contributed by atoms with van der Waals surface area (Å²) in [4.78, 5) is 4.65. The van der Waals surface area contributed by atoms with Crippen molar-refractivity contribution < 1.29 is 4.74 Å². The maximum Gasteiger partial charge on any atom is 0.154 e. The SMILES string of the molecule is CC(C)(C)c1cccc(Oc2ccc(C3(C)CCSC(N)=N3)cc2)c1. The van der Waals surface area contributed by atoms with Crippen molar-refractivity contribution in [2.75, 3.05) is 5.75 Å². The van der Waals surface area contributed by atoms with E-state index in [9.17, 15) is 0 Å². The number of nitrogens with two attached hydrogens (primary N) is 1. The molecule has 0 aliphatic carbocycles. The second-order valence-corrected chi connectivity index (χ2v) is 8.84. The molecular weight excluding hydrogens is 328 g/mol. The summed E-state index contributed by atoms with van der Waals surface area (Å²) in [6, 6.07) is 16.5. The molecule has 2 aromatic carbocycles. The molecule has 1 atom stereocenters. The molecule has 3 nitrogen and oxygen atoms in total. The minimum Gasteiger partial charge on any atom is -0.457 e. The maximum atomic E-state index is 6.05. The largest absolute Gasteiger partial charge is 0.457 e. The third-order valence-electron chi connectivity index (χ3n) is 4.61. The molecule has 0 fully saturated rings. The van der Waals surface area contributed by atoms with Crippen molar-refractivity contribution in [3.63, 3.8) is 0 Å². The van der Waals surface area contributed by atoms with Crippen LogP contribution >= 0.6 is 11.8 Å². The van der Waals surface area contributed by atoms with E-state index in [1.165, 1.54) is 11.1 Å². The van der Waals surface area contributed by atoms with Crippen LogP contribution in [0.5, 0.6) is 11.5 Å². The first-order valence-corrected chi connectivity index (χ1v) is 9.62. The lowest BCUT2D eigenvalue weighted by atomic mass is 9.87. The van der Waals surface area contributed by atoms with Crippen molar-refractivity contribution in [1.82, 2.24) is 0 Å². The zero-order valence-electron chi connectivity index (χ0n) is 15.4. The van der Waals surface area contributed by atoms with Gasteiger partial charge in [-0.15, -0.1) is 0 Å². The van der Waals surface area contributed by atoms with Crippen LogP contribution in [-0.2, 0) is 11.0 Å². The highest BCUT2D eigenvalue weighted by Crippen LogP contribution is 2.36. The summed E-state index contributed by atoms with van der Waals surface area (Å²) in [5.74, 6) is 2.70. The highest BCUT2D eigenvalue weighted by Gasteiger charge is 2.29. The molecule has 0 saturated heterocycles. The zero-order chi connectivity index (χ0) is 18.1. The molecule has 2 N–H and O–H groups in total. The average molecular weight is 355 g/mol. The normalized spacial score (nSPS) is 20.9. The first-order chi connectivity index (χ1) is 11.8. The second-order valence-electron chi connectivity index (χ2n) is 7.73. The number of ether oxygens (including phenoxy) is 1. The van der Waals surface area contributed by atoms with Crippen molar-refractivity contribution in [3.8, 4) is 11.5 Å². The second kappa shape index (κ2) is 6.75. The van der Waals surface area contributed by atoms with Gasteiger partial charge in [-0.05, 0) is 54.2 Å². The topological polar surface area (TPSA) is 47.6 Å². The fourth-order valence-corrected chi connectivity index (χ4v) is 3.91. The van der Waals surface area contributed by atoms with Crippen LogP contribution in [0.2, 0.25) is 0 Å². The molecule has 1 aliphatic rings. The van der Waals surface area contributed by atoms with E-state index in [4.69, 9.17) is 10.5 Å². The molecule has 25 heavy (non-hydrogen) atoms. The molecule has 0 spiro atoms. The molecule has 0 radical (unpaired) electrons. The van der Waals surface area contributed by atoms with E-state index < -0.39 is 0 Å². The average Bonchev–Trinajstić information content (AvgIpc) is 2.55. The van der Waals surface area contributed by atoms with Crippen molar-refractivity contribution in [2.24, 2.45) is 10.7 Å². The van der Waals surface area contributed by atoms with Crippen LogP contribution < -0.4 is 10.5 Å². The van der Waals surface area contributed by atoms with E-state index in [-0.39, 0.29) is 11.0 Å². The number of nitrogens with zero attached hydrogens (tertiary/aromatic N) is 1. The van der Waals surface area contributed by atoms with Gasteiger partial charge < -0.3 is 10.5 Å². The van der Waals surface area contributed by atoms with Gasteiger partial charge in [0.05, 0.1) is 5.54 Å². The molecule has 0 saturated carbocycles. The Labute approximate surface area is 154 Å². The summed E-state index contributed by atoms with van der Waals surface area (Å²) in [6.07, 6.45) is 0.992.